The Morgan fingerprint density at radius 3 is 2.68 bits per heavy atom. The third-order valence-corrected chi connectivity index (χ3v) is 8.21. The maximum atomic E-state index is 13.9. The molecular weight excluding hydrogens is 519 g/mol. The molecule has 4 heterocycles. The van der Waals surface area contributed by atoms with Gasteiger partial charge < -0.3 is 4.90 Å². The summed E-state index contributed by atoms with van der Waals surface area (Å²) in [5.74, 6) is -0.103. The van der Waals surface area contributed by atoms with Crippen molar-refractivity contribution >= 4 is 57.4 Å². The Bertz CT molecular complexity index is 1700. The number of pyridine rings is 1. The molecule has 2 aliphatic rings. The van der Waals surface area contributed by atoms with E-state index in [2.05, 4.69) is 11.0 Å². The number of rotatable bonds is 4. The van der Waals surface area contributed by atoms with Gasteiger partial charge in [0.05, 0.1) is 17.0 Å². The van der Waals surface area contributed by atoms with Crippen molar-refractivity contribution in [1.29, 1.82) is 0 Å². The number of carbonyl (C=O) groups is 1. The van der Waals surface area contributed by atoms with Gasteiger partial charge in [0.2, 0.25) is 0 Å². The number of anilines is 2. The molecule has 2 aromatic carbocycles. The first-order valence-corrected chi connectivity index (χ1v) is 13.5. The summed E-state index contributed by atoms with van der Waals surface area (Å²) in [6.45, 7) is 2.86. The van der Waals surface area contributed by atoms with Crippen LogP contribution in [0.2, 0.25) is 0 Å². The number of aryl methyl sites for hydroxylation is 2. The number of nitrogens with zero attached hydrogens (tertiary/aromatic N) is 4. The van der Waals surface area contributed by atoms with Crippen LogP contribution in [0.5, 0.6) is 0 Å². The highest BCUT2D eigenvalue weighted by molar-refractivity contribution is 8.26. The summed E-state index contributed by atoms with van der Waals surface area (Å²) in [7, 11) is 0. The molecule has 0 radical (unpaired) electrons. The summed E-state index contributed by atoms with van der Waals surface area (Å²) >= 11 is 6.67. The van der Waals surface area contributed by atoms with Gasteiger partial charge in [0.1, 0.15) is 21.6 Å². The average Bonchev–Trinajstić information content (AvgIpc) is 3.19. The maximum absolute atomic E-state index is 13.9. The molecule has 0 unspecified atom stereocenters. The van der Waals surface area contributed by atoms with Crippen LogP contribution in [0.3, 0.4) is 0 Å². The summed E-state index contributed by atoms with van der Waals surface area (Å²) in [6.07, 6.45) is 5.20. The molecule has 6 nitrogen and oxygen atoms in total. The van der Waals surface area contributed by atoms with Crippen molar-refractivity contribution in [2.24, 2.45) is 0 Å². The summed E-state index contributed by atoms with van der Waals surface area (Å²) in [4.78, 5) is 36.2. The largest absolute Gasteiger partial charge is 0.325 e. The van der Waals surface area contributed by atoms with Crippen LogP contribution in [0.25, 0.3) is 11.7 Å². The van der Waals surface area contributed by atoms with E-state index in [0.717, 1.165) is 41.4 Å². The number of halogens is 1. The molecule has 2 aromatic heterocycles. The lowest BCUT2D eigenvalue weighted by Crippen LogP contribution is -2.30. The quantitative estimate of drug-likeness (QED) is 0.246. The summed E-state index contributed by atoms with van der Waals surface area (Å²) in [5, 5.41) is 0. The van der Waals surface area contributed by atoms with Gasteiger partial charge in [-0.05, 0) is 66.8 Å². The fraction of sp³-hybridized carbons (Fsp3) is 0.172. The van der Waals surface area contributed by atoms with E-state index in [-0.39, 0.29) is 23.8 Å². The predicted molar refractivity (Wildman–Crippen MR) is 153 cm³/mol. The van der Waals surface area contributed by atoms with E-state index < -0.39 is 0 Å². The number of hydrogen-bond donors (Lipinski definition) is 0. The smallest absolute Gasteiger partial charge is 0.267 e. The number of carbonyl (C=O) groups excluding carboxylic acids is 1. The molecule has 0 aliphatic carbocycles. The lowest BCUT2D eigenvalue weighted by molar-refractivity contribution is -0.122. The second-order valence-corrected chi connectivity index (χ2v) is 11.0. The van der Waals surface area contributed by atoms with E-state index in [1.807, 2.05) is 37.3 Å². The Kier molecular flexibility index (Phi) is 6.33. The van der Waals surface area contributed by atoms with E-state index in [4.69, 9.17) is 17.2 Å². The zero-order valence-electron chi connectivity index (χ0n) is 20.6. The molecule has 0 N–H and O–H groups in total. The molecule has 0 spiro atoms. The fourth-order valence-corrected chi connectivity index (χ4v) is 6.16. The van der Waals surface area contributed by atoms with Crippen molar-refractivity contribution in [3.05, 3.63) is 110 Å². The first-order valence-electron chi connectivity index (χ1n) is 12.3. The maximum Gasteiger partial charge on any atom is 0.267 e. The van der Waals surface area contributed by atoms with Crippen LogP contribution in [0.1, 0.15) is 28.7 Å². The topological polar surface area (TPSA) is 57.9 Å². The predicted octanol–water partition coefficient (Wildman–Crippen LogP) is 5.63. The Morgan fingerprint density at radius 1 is 1.08 bits per heavy atom. The lowest BCUT2D eigenvalue weighted by Gasteiger charge is -2.31. The zero-order chi connectivity index (χ0) is 26.4. The molecule has 0 bridgehead atoms. The minimum absolute atomic E-state index is 0.225. The summed E-state index contributed by atoms with van der Waals surface area (Å²) in [5.41, 5.74) is 4.53. The van der Waals surface area contributed by atoms with Gasteiger partial charge in [-0.1, -0.05) is 60.4 Å². The number of fused-ring (bicyclic) bond motifs is 2. The first-order chi connectivity index (χ1) is 18.4. The molecule has 0 atom stereocenters. The summed E-state index contributed by atoms with van der Waals surface area (Å²) < 4.78 is 15.3. The van der Waals surface area contributed by atoms with Gasteiger partial charge >= 0.3 is 0 Å². The van der Waals surface area contributed by atoms with Gasteiger partial charge in [0.25, 0.3) is 11.5 Å². The van der Waals surface area contributed by atoms with Gasteiger partial charge in [0.15, 0.2) is 0 Å². The number of hydrogen-bond acceptors (Lipinski definition) is 6. The Balaban J connectivity index is 1.47. The molecular formula is C29H23FN4O2S2. The van der Waals surface area contributed by atoms with E-state index in [1.54, 1.807) is 24.4 Å². The Hall–Kier alpha value is -3.82. The van der Waals surface area contributed by atoms with E-state index in [9.17, 15) is 14.0 Å². The summed E-state index contributed by atoms with van der Waals surface area (Å²) in [6, 6.07) is 17.9. The number of para-hydroxylation sites is 1. The van der Waals surface area contributed by atoms with Crippen molar-refractivity contribution < 1.29 is 9.18 Å². The van der Waals surface area contributed by atoms with Gasteiger partial charge in [-0.3, -0.25) is 18.9 Å². The van der Waals surface area contributed by atoms with Crippen molar-refractivity contribution in [1.82, 2.24) is 14.3 Å². The number of amides is 1. The molecule has 190 valence electrons. The molecule has 9 heteroatoms. The van der Waals surface area contributed by atoms with Gasteiger partial charge in [0, 0.05) is 18.4 Å². The van der Waals surface area contributed by atoms with Crippen LogP contribution in [0, 0.1) is 12.7 Å². The number of thioether (sulfide) groups is 1. The highest BCUT2D eigenvalue weighted by Crippen LogP contribution is 2.37. The number of aromatic nitrogens is 2. The van der Waals surface area contributed by atoms with Crippen molar-refractivity contribution in [3.8, 4) is 0 Å². The van der Waals surface area contributed by atoms with Crippen molar-refractivity contribution in [3.63, 3.8) is 0 Å². The highest BCUT2D eigenvalue weighted by atomic mass is 32.2. The molecule has 6 rings (SSSR count). The fourth-order valence-electron chi connectivity index (χ4n) is 4.93. The van der Waals surface area contributed by atoms with Crippen molar-refractivity contribution in [2.75, 3.05) is 11.4 Å². The third kappa shape index (κ3) is 4.31. The first kappa shape index (κ1) is 24.5. The van der Waals surface area contributed by atoms with E-state index in [1.165, 1.54) is 27.0 Å². The van der Waals surface area contributed by atoms with Crippen LogP contribution in [0.15, 0.2) is 76.6 Å². The molecule has 1 saturated heterocycles. The highest BCUT2D eigenvalue weighted by Gasteiger charge is 2.33. The third-order valence-electron chi connectivity index (χ3n) is 6.83. The average molecular weight is 543 g/mol. The molecule has 0 saturated carbocycles. The normalized spacial score (nSPS) is 16.5. The van der Waals surface area contributed by atoms with Gasteiger partial charge in [-0.15, -0.1) is 0 Å². The van der Waals surface area contributed by atoms with Crippen LogP contribution >= 0.6 is 24.0 Å². The number of thiocarbonyl (C=S) groups is 1. The zero-order valence-corrected chi connectivity index (χ0v) is 22.2. The van der Waals surface area contributed by atoms with Crippen molar-refractivity contribution in [2.45, 2.75) is 26.3 Å². The molecule has 38 heavy (non-hydrogen) atoms. The van der Waals surface area contributed by atoms with Gasteiger partial charge in [-0.2, -0.15) is 0 Å². The molecule has 1 amide bonds. The monoisotopic (exact) mass is 542 g/mol. The minimum atomic E-state index is -0.342. The Morgan fingerprint density at radius 2 is 1.87 bits per heavy atom. The molecule has 2 aliphatic heterocycles. The van der Waals surface area contributed by atoms with Crippen LogP contribution in [-0.4, -0.2) is 31.1 Å². The van der Waals surface area contributed by atoms with Crippen LogP contribution in [-0.2, 0) is 17.8 Å². The Labute approximate surface area is 228 Å². The minimum Gasteiger partial charge on any atom is -0.325 e. The SMILES string of the molecule is Cc1cccn2c(=O)c(/C=C3/SC(=S)N(Cc4ccc(F)cc4)C3=O)c(N3CCCc4ccccc43)nc12. The van der Waals surface area contributed by atoms with Crippen LogP contribution in [0.4, 0.5) is 15.9 Å². The number of benzene rings is 2. The van der Waals surface area contributed by atoms with Gasteiger partial charge in [-0.25, -0.2) is 9.37 Å². The lowest BCUT2D eigenvalue weighted by atomic mass is 10.0. The standard InChI is InChI=1S/C29H23FN4O2S2/c1-18-6-4-15-33-25(18)31-26(32-14-5-8-20-7-2-3-9-23(20)32)22(27(33)35)16-24-28(36)34(29(37)38-24)17-19-10-12-21(30)13-11-19/h2-4,6-7,9-13,15-16H,5,8,14,17H2,1H3/b24-16+. The molecule has 1 fully saturated rings. The van der Waals surface area contributed by atoms with E-state index >= 15 is 0 Å². The molecule has 4 aromatic rings. The van der Waals surface area contributed by atoms with Crippen LogP contribution < -0.4 is 10.5 Å². The second kappa shape index (κ2) is 9.81. The van der Waals surface area contributed by atoms with E-state index in [0.29, 0.717) is 32.8 Å². The second-order valence-electron chi connectivity index (χ2n) is 9.32.